The van der Waals surface area contributed by atoms with Crippen molar-refractivity contribution in [2.45, 2.75) is 47.8 Å². The average molecular weight is 564 g/mol. The maximum absolute atomic E-state index is 10.9. The molecule has 0 fully saturated rings. The van der Waals surface area contributed by atoms with E-state index in [0.717, 1.165) is 23.3 Å². The highest BCUT2D eigenvalue weighted by Crippen LogP contribution is 2.10. The highest BCUT2D eigenvalue weighted by Gasteiger charge is 2.11. The maximum atomic E-state index is 10.9. The molecule has 0 aromatic carbocycles. The lowest BCUT2D eigenvalue weighted by Crippen LogP contribution is -1.98. The van der Waals surface area contributed by atoms with Crippen molar-refractivity contribution >= 4 is 68.9 Å². The maximum Gasteiger partial charge on any atom is 0.519 e. The summed E-state index contributed by atoms with van der Waals surface area (Å²) in [5.74, 6) is 2.08. The van der Waals surface area contributed by atoms with Gasteiger partial charge in [-0.15, -0.1) is 11.8 Å². The molecule has 2 aromatic heterocycles. The molecular weight excluding hydrogens is 538 g/mol. The monoisotopic (exact) mass is 563 g/mol. The molecule has 0 aliphatic carbocycles. The van der Waals surface area contributed by atoms with Crippen LogP contribution in [0.3, 0.4) is 0 Å². The number of thioether (sulfide) groups is 2. The van der Waals surface area contributed by atoms with Gasteiger partial charge in [-0.25, -0.2) is 14.4 Å². The summed E-state index contributed by atoms with van der Waals surface area (Å²) in [5, 5.41) is 2.14. The third-order valence-corrected chi connectivity index (χ3v) is 4.56. The van der Waals surface area contributed by atoms with Gasteiger partial charge in [-0.05, 0) is 37.1 Å². The second-order valence-electron chi connectivity index (χ2n) is 5.11. The van der Waals surface area contributed by atoms with Crippen molar-refractivity contribution in [1.82, 2.24) is 0 Å². The number of nitrogens with zero attached hydrogens (tertiary/aromatic N) is 1. The molecule has 0 unspecified atom stereocenters. The molecule has 0 aliphatic heterocycles. The molecule has 2 heterocycles. The zero-order chi connectivity index (χ0) is 25.8. The molecule has 0 aliphatic rings. The van der Waals surface area contributed by atoms with E-state index in [4.69, 9.17) is 16.3 Å². The number of thiol groups is 1. The SMILES string of the molecule is CCS.CCSC(=O)OCc1oc(=O)oc1C.CCSC(=S)Cl.Cc1oc(=O)oc1CN=O. The standard InChI is InChI=1S/C8H10O5S.C5H5NO4.C3H5ClS2.C2H6S/c1-3-14-8(10)11-4-6-5(2)12-7(9)13-6;1-3-4(2-6-8)10-5(7)9-3;1-2-6-3(4)5;1-2-3/h3-4H2,1-2H3;2H2,1H3;2H2,1H3;3H,2H2,1H3. The van der Waals surface area contributed by atoms with E-state index < -0.39 is 16.9 Å². The third-order valence-electron chi connectivity index (χ3n) is 2.72. The molecule has 0 radical (unpaired) electrons. The van der Waals surface area contributed by atoms with Gasteiger partial charge in [-0.2, -0.15) is 17.5 Å². The summed E-state index contributed by atoms with van der Waals surface area (Å²) in [6.07, 6.45) is 0. The van der Waals surface area contributed by atoms with Gasteiger partial charge in [0.1, 0.15) is 16.0 Å². The molecule has 2 aromatic rings. The number of rotatable bonds is 6. The topological polar surface area (TPSA) is 142 Å². The Hall–Kier alpha value is -1.48. The van der Waals surface area contributed by atoms with Crippen LogP contribution in [-0.2, 0) is 17.9 Å². The number of carbonyl (C=O) groups excluding carboxylic acids is 1. The van der Waals surface area contributed by atoms with Crippen LogP contribution in [0.1, 0.15) is 43.8 Å². The molecule has 0 amide bonds. The zero-order valence-corrected chi connectivity index (χ0v) is 22.8. The molecule has 0 spiro atoms. The van der Waals surface area contributed by atoms with E-state index in [0.29, 0.717) is 20.9 Å². The molecule has 15 heteroatoms. The van der Waals surface area contributed by atoms with Gasteiger partial charge in [-0.3, -0.25) is 0 Å². The normalized spacial score (nSPS) is 9.30. The summed E-state index contributed by atoms with van der Waals surface area (Å²) >= 11 is 16.1. The van der Waals surface area contributed by atoms with Gasteiger partial charge in [0.25, 0.3) is 0 Å². The van der Waals surface area contributed by atoms with E-state index >= 15 is 0 Å². The first kappa shape index (κ1) is 33.7. The van der Waals surface area contributed by atoms with Crippen LogP contribution in [0.5, 0.6) is 0 Å². The fraction of sp³-hybridized carbons (Fsp3) is 0.556. The van der Waals surface area contributed by atoms with Crippen LogP contribution >= 0.6 is 60.0 Å². The van der Waals surface area contributed by atoms with E-state index in [1.807, 2.05) is 20.8 Å². The highest BCUT2D eigenvalue weighted by atomic mass is 35.5. The summed E-state index contributed by atoms with van der Waals surface area (Å²) in [6.45, 7) is 8.73. The number of nitroso groups, excluding NO2 is 1. The van der Waals surface area contributed by atoms with Crippen LogP contribution in [-0.4, -0.2) is 26.2 Å². The van der Waals surface area contributed by atoms with Crippen LogP contribution in [0.2, 0.25) is 0 Å². The van der Waals surface area contributed by atoms with Gasteiger partial charge in [0.2, 0.25) is 0 Å². The minimum absolute atomic E-state index is 0.0661. The van der Waals surface area contributed by atoms with Crippen molar-refractivity contribution in [3.8, 4) is 0 Å². The van der Waals surface area contributed by atoms with Crippen molar-refractivity contribution < 1.29 is 27.2 Å². The van der Waals surface area contributed by atoms with Gasteiger partial charge >= 0.3 is 16.9 Å². The predicted molar refractivity (Wildman–Crippen MR) is 138 cm³/mol. The molecule has 0 atom stereocenters. The van der Waals surface area contributed by atoms with Crippen molar-refractivity contribution in [3.63, 3.8) is 0 Å². The molecule has 0 bridgehead atoms. The Morgan fingerprint density at radius 3 is 1.76 bits per heavy atom. The summed E-state index contributed by atoms with van der Waals surface area (Å²) in [4.78, 5) is 41.5. The molecule has 2 rings (SSSR count). The molecule has 0 saturated heterocycles. The van der Waals surface area contributed by atoms with Crippen LogP contribution in [0.15, 0.2) is 32.4 Å². The number of hydrogen-bond acceptors (Lipinski definition) is 14. The fourth-order valence-electron chi connectivity index (χ4n) is 1.48. The number of carbonyl (C=O) groups is 1. The fourth-order valence-corrected chi connectivity index (χ4v) is 2.77. The lowest BCUT2D eigenvalue weighted by Gasteiger charge is -1.99. The van der Waals surface area contributed by atoms with Crippen LogP contribution in [0.4, 0.5) is 4.79 Å². The minimum Gasteiger partial charge on any atom is -0.449 e. The van der Waals surface area contributed by atoms with E-state index in [2.05, 4.69) is 47.7 Å². The Bertz CT molecular complexity index is 936. The Kier molecular flexibility index (Phi) is 21.5. The van der Waals surface area contributed by atoms with Crippen molar-refractivity contribution in [2.75, 3.05) is 17.3 Å². The van der Waals surface area contributed by atoms with Crippen molar-refractivity contribution in [2.24, 2.45) is 5.18 Å². The van der Waals surface area contributed by atoms with Gasteiger partial charge in [0.15, 0.2) is 23.9 Å². The Morgan fingerprint density at radius 2 is 1.45 bits per heavy atom. The summed E-state index contributed by atoms with van der Waals surface area (Å²) in [7, 11) is 0. The summed E-state index contributed by atoms with van der Waals surface area (Å²) in [6, 6.07) is 0. The van der Waals surface area contributed by atoms with E-state index in [-0.39, 0.29) is 24.7 Å². The van der Waals surface area contributed by atoms with Crippen molar-refractivity contribution in [1.29, 1.82) is 0 Å². The Labute approximate surface area is 214 Å². The van der Waals surface area contributed by atoms with Gasteiger partial charge in [0, 0.05) is 5.75 Å². The average Bonchev–Trinajstić information content (AvgIpc) is 3.21. The molecular formula is C18H26ClNO9S4. The molecule has 33 heavy (non-hydrogen) atoms. The first-order valence-electron chi connectivity index (χ1n) is 9.26. The van der Waals surface area contributed by atoms with Gasteiger partial charge < -0.3 is 22.4 Å². The number of hydrogen-bond donors (Lipinski definition) is 1. The first-order chi connectivity index (χ1) is 15.6. The van der Waals surface area contributed by atoms with Gasteiger partial charge in [-0.1, -0.05) is 49.8 Å². The number of aryl methyl sites for hydroxylation is 2. The number of thiocarbonyl (C=S) groups is 1. The lowest BCUT2D eigenvalue weighted by atomic mass is 10.4. The van der Waals surface area contributed by atoms with Crippen LogP contribution in [0, 0.1) is 18.8 Å². The predicted octanol–water partition coefficient (Wildman–Crippen LogP) is 5.94. The van der Waals surface area contributed by atoms with E-state index in [1.165, 1.54) is 18.7 Å². The number of ether oxygens (including phenoxy) is 1. The second kappa shape index (κ2) is 21.1. The minimum atomic E-state index is -0.795. The Balaban J connectivity index is 0. The third kappa shape index (κ3) is 18.6. The Morgan fingerprint density at radius 1 is 1.00 bits per heavy atom. The second-order valence-corrected chi connectivity index (χ2v) is 9.71. The zero-order valence-electron chi connectivity index (χ0n) is 18.7. The van der Waals surface area contributed by atoms with Gasteiger partial charge in [0.05, 0.1) is 0 Å². The largest absolute Gasteiger partial charge is 0.519 e. The van der Waals surface area contributed by atoms with Crippen LogP contribution in [0.25, 0.3) is 0 Å². The molecule has 188 valence electrons. The number of halogens is 1. The molecule has 0 N–H and O–H groups in total. The van der Waals surface area contributed by atoms with Crippen molar-refractivity contribution in [3.05, 3.63) is 49.2 Å². The summed E-state index contributed by atoms with van der Waals surface area (Å²) < 4.78 is 23.4. The quantitative estimate of drug-likeness (QED) is 0.146. The highest BCUT2D eigenvalue weighted by molar-refractivity contribution is 8.26. The van der Waals surface area contributed by atoms with Crippen LogP contribution < -0.4 is 11.6 Å². The molecule has 0 saturated carbocycles. The lowest BCUT2D eigenvalue weighted by molar-refractivity contribution is 0.158. The molecule has 10 nitrogen and oxygen atoms in total. The van der Waals surface area contributed by atoms with E-state index in [9.17, 15) is 19.3 Å². The smallest absolute Gasteiger partial charge is 0.449 e. The van der Waals surface area contributed by atoms with E-state index in [1.54, 1.807) is 6.92 Å². The first-order valence-corrected chi connectivity index (χ1v) is 12.7. The summed E-state index contributed by atoms with van der Waals surface area (Å²) in [5.41, 5.74) is 0.